The van der Waals surface area contributed by atoms with E-state index >= 15 is 0 Å². The van der Waals surface area contributed by atoms with Gasteiger partial charge in [-0.2, -0.15) is 0 Å². The fourth-order valence-corrected chi connectivity index (χ4v) is 3.89. The zero-order valence-electron chi connectivity index (χ0n) is 16.0. The normalized spacial score (nSPS) is 19.5. The summed E-state index contributed by atoms with van der Waals surface area (Å²) in [6, 6.07) is 13.5. The van der Waals surface area contributed by atoms with E-state index in [2.05, 4.69) is 11.4 Å². The van der Waals surface area contributed by atoms with E-state index in [9.17, 15) is 9.59 Å². The monoisotopic (exact) mass is 361 g/mol. The van der Waals surface area contributed by atoms with Crippen LogP contribution < -0.4 is 10.2 Å². The molecule has 5 nitrogen and oxygen atoms in total. The van der Waals surface area contributed by atoms with Gasteiger partial charge >= 0.3 is 6.03 Å². The van der Waals surface area contributed by atoms with Gasteiger partial charge < -0.3 is 10.2 Å². The smallest absolute Gasteiger partial charge is 0.322 e. The van der Waals surface area contributed by atoms with Gasteiger partial charge in [0.1, 0.15) is 0 Å². The Hall–Kier alpha value is -3.08. The third kappa shape index (κ3) is 2.89. The molecule has 1 N–H and O–H groups in total. The Morgan fingerprint density at radius 3 is 2.19 bits per heavy atom. The van der Waals surface area contributed by atoms with Gasteiger partial charge in [0.2, 0.25) is 0 Å². The lowest BCUT2D eigenvalue weighted by Gasteiger charge is -2.31. The van der Waals surface area contributed by atoms with Crippen molar-refractivity contribution in [2.24, 2.45) is 0 Å². The molecule has 0 unspecified atom stereocenters. The molecule has 2 aliphatic rings. The van der Waals surface area contributed by atoms with E-state index < -0.39 is 6.04 Å². The molecule has 0 fully saturated rings. The molecule has 0 saturated carbocycles. The molecule has 2 heterocycles. The second-order valence-corrected chi connectivity index (χ2v) is 7.45. The molecule has 1 atom stereocenters. The van der Waals surface area contributed by atoms with Gasteiger partial charge in [0.05, 0.1) is 23.9 Å². The molecule has 138 valence electrons. The number of rotatable bonds is 2. The molecule has 0 radical (unpaired) electrons. The van der Waals surface area contributed by atoms with Crippen LogP contribution >= 0.6 is 0 Å². The predicted molar refractivity (Wildman–Crippen MR) is 106 cm³/mol. The minimum atomic E-state index is -0.423. The van der Waals surface area contributed by atoms with E-state index in [0.717, 1.165) is 33.6 Å². The standard InChI is InChI=1S/C22H23N3O2/c1-13-5-7-16(8-6-13)20-19-18(24(4)22(27)23-20)12-25(21(19)26)17-10-14(2)9-15(3)11-17/h5-11,20H,12H2,1-4H3,(H,23,27)/t20-/m1/s1. The number of aryl methyl sites for hydroxylation is 3. The van der Waals surface area contributed by atoms with Crippen LogP contribution in [0.1, 0.15) is 28.3 Å². The molecule has 0 bridgehead atoms. The number of hydrogen-bond donors (Lipinski definition) is 1. The maximum absolute atomic E-state index is 13.4. The number of benzene rings is 2. The third-order valence-corrected chi connectivity index (χ3v) is 5.29. The van der Waals surface area contributed by atoms with Gasteiger partial charge in [0.15, 0.2) is 0 Å². The van der Waals surface area contributed by atoms with Crippen molar-refractivity contribution in [3.63, 3.8) is 0 Å². The Morgan fingerprint density at radius 1 is 0.926 bits per heavy atom. The lowest BCUT2D eigenvalue weighted by atomic mass is 9.95. The summed E-state index contributed by atoms with van der Waals surface area (Å²) in [7, 11) is 1.72. The molecule has 0 aliphatic carbocycles. The number of amides is 3. The van der Waals surface area contributed by atoms with Crippen LogP contribution in [0.25, 0.3) is 0 Å². The maximum atomic E-state index is 13.4. The minimum Gasteiger partial charge on any atom is -0.327 e. The van der Waals surface area contributed by atoms with Gasteiger partial charge in [-0.15, -0.1) is 0 Å². The first-order valence-corrected chi connectivity index (χ1v) is 9.09. The van der Waals surface area contributed by atoms with Crippen LogP contribution in [0.15, 0.2) is 53.7 Å². The van der Waals surface area contributed by atoms with E-state index in [1.54, 1.807) is 16.8 Å². The molecule has 27 heavy (non-hydrogen) atoms. The highest BCUT2D eigenvalue weighted by atomic mass is 16.2. The van der Waals surface area contributed by atoms with Gasteiger partial charge in [0, 0.05) is 12.7 Å². The third-order valence-electron chi connectivity index (χ3n) is 5.29. The van der Waals surface area contributed by atoms with Crippen LogP contribution in [-0.4, -0.2) is 30.4 Å². The molecule has 0 aromatic heterocycles. The van der Waals surface area contributed by atoms with E-state index in [0.29, 0.717) is 12.1 Å². The number of urea groups is 1. The summed E-state index contributed by atoms with van der Waals surface area (Å²) in [5, 5.41) is 2.98. The summed E-state index contributed by atoms with van der Waals surface area (Å²) in [5.41, 5.74) is 6.58. The van der Waals surface area contributed by atoms with Crippen molar-refractivity contribution in [3.8, 4) is 0 Å². The topological polar surface area (TPSA) is 52.7 Å². The summed E-state index contributed by atoms with van der Waals surface area (Å²) >= 11 is 0. The Bertz CT molecular complexity index is 955. The average molecular weight is 361 g/mol. The van der Waals surface area contributed by atoms with Crippen LogP contribution in [0.5, 0.6) is 0 Å². The molecule has 2 aromatic carbocycles. The van der Waals surface area contributed by atoms with E-state index in [-0.39, 0.29) is 11.9 Å². The molecule has 0 spiro atoms. The van der Waals surface area contributed by atoms with Gasteiger partial charge in [0.25, 0.3) is 5.91 Å². The number of nitrogens with zero attached hydrogens (tertiary/aromatic N) is 2. The summed E-state index contributed by atoms with van der Waals surface area (Å²) < 4.78 is 0. The first-order chi connectivity index (χ1) is 12.8. The Kier molecular flexibility index (Phi) is 4.02. The number of nitrogens with one attached hydrogen (secondary N) is 1. The highest BCUT2D eigenvalue weighted by Gasteiger charge is 2.43. The molecular weight excluding hydrogens is 338 g/mol. The lowest BCUT2D eigenvalue weighted by Crippen LogP contribution is -2.45. The summed E-state index contributed by atoms with van der Waals surface area (Å²) in [6.07, 6.45) is 0. The predicted octanol–water partition coefficient (Wildman–Crippen LogP) is 3.61. The Labute approximate surface area is 159 Å². The molecule has 0 saturated heterocycles. The average Bonchev–Trinajstić information content (AvgIpc) is 2.96. The number of carbonyl (C=O) groups is 2. The highest BCUT2D eigenvalue weighted by molar-refractivity contribution is 6.11. The van der Waals surface area contributed by atoms with Gasteiger partial charge in [-0.05, 0) is 49.6 Å². The fourth-order valence-electron chi connectivity index (χ4n) is 3.89. The molecular formula is C22H23N3O2. The number of hydrogen-bond acceptors (Lipinski definition) is 2. The molecule has 5 heteroatoms. The zero-order valence-corrected chi connectivity index (χ0v) is 16.0. The van der Waals surface area contributed by atoms with Gasteiger partial charge in [-0.25, -0.2) is 4.79 Å². The van der Waals surface area contributed by atoms with Crippen LogP contribution in [0.4, 0.5) is 10.5 Å². The largest absolute Gasteiger partial charge is 0.327 e. The van der Waals surface area contributed by atoms with Crippen molar-refractivity contribution in [1.29, 1.82) is 0 Å². The Balaban J connectivity index is 1.77. The molecule has 2 aromatic rings. The minimum absolute atomic E-state index is 0.0487. The maximum Gasteiger partial charge on any atom is 0.322 e. The van der Waals surface area contributed by atoms with Crippen LogP contribution in [0.3, 0.4) is 0 Å². The van der Waals surface area contributed by atoms with Crippen molar-refractivity contribution in [1.82, 2.24) is 10.2 Å². The summed E-state index contributed by atoms with van der Waals surface area (Å²) in [4.78, 5) is 29.2. The SMILES string of the molecule is Cc1ccc([C@H]2NC(=O)N(C)C3=C2C(=O)N(c2cc(C)cc(C)c2)C3)cc1. The lowest BCUT2D eigenvalue weighted by molar-refractivity contribution is -0.114. The van der Waals surface area contributed by atoms with Crippen LogP contribution in [0.2, 0.25) is 0 Å². The van der Waals surface area contributed by atoms with Gasteiger partial charge in [-0.1, -0.05) is 35.9 Å². The second-order valence-electron chi connectivity index (χ2n) is 7.45. The van der Waals surface area contributed by atoms with Gasteiger partial charge in [-0.3, -0.25) is 9.69 Å². The van der Waals surface area contributed by atoms with Crippen molar-refractivity contribution in [2.75, 3.05) is 18.5 Å². The van der Waals surface area contributed by atoms with Crippen LogP contribution in [-0.2, 0) is 4.79 Å². The van der Waals surface area contributed by atoms with E-state index in [1.165, 1.54) is 0 Å². The number of anilines is 1. The van der Waals surface area contributed by atoms with E-state index in [4.69, 9.17) is 0 Å². The van der Waals surface area contributed by atoms with Crippen molar-refractivity contribution >= 4 is 17.6 Å². The molecule has 4 rings (SSSR count). The highest BCUT2D eigenvalue weighted by Crippen LogP contribution is 2.37. The van der Waals surface area contributed by atoms with E-state index in [1.807, 2.05) is 57.2 Å². The molecule has 3 amide bonds. The van der Waals surface area contributed by atoms with Crippen molar-refractivity contribution in [3.05, 3.63) is 76.0 Å². The second kappa shape index (κ2) is 6.27. The first kappa shape index (κ1) is 17.3. The number of likely N-dealkylation sites (N-methyl/N-ethyl adjacent to an activating group) is 1. The van der Waals surface area contributed by atoms with Crippen LogP contribution in [0, 0.1) is 20.8 Å². The zero-order chi connectivity index (χ0) is 19.3. The molecule has 2 aliphatic heterocycles. The van der Waals surface area contributed by atoms with Crippen molar-refractivity contribution < 1.29 is 9.59 Å². The fraction of sp³-hybridized carbons (Fsp3) is 0.273. The quantitative estimate of drug-likeness (QED) is 0.888. The van der Waals surface area contributed by atoms with Crippen molar-refractivity contribution in [2.45, 2.75) is 26.8 Å². The number of carbonyl (C=O) groups excluding carboxylic acids is 2. The Morgan fingerprint density at radius 2 is 1.56 bits per heavy atom. The summed E-state index contributed by atoms with van der Waals surface area (Å²) in [6.45, 7) is 6.47. The summed E-state index contributed by atoms with van der Waals surface area (Å²) in [5.74, 6) is -0.0487. The first-order valence-electron chi connectivity index (χ1n) is 9.09.